The number of allylic oxidation sites excluding steroid dienone is 1. The van der Waals surface area contributed by atoms with Crippen LogP contribution in [0.4, 0.5) is 5.69 Å². The summed E-state index contributed by atoms with van der Waals surface area (Å²) in [5.41, 5.74) is 0.0466. The zero-order chi connectivity index (χ0) is 35.3. The lowest BCUT2D eigenvalue weighted by Crippen LogP contribution is -2.56. The Bertz CT molecular complexity index is 1530. The van der Waals surface area contributed by atoms with E-state index in [0.717, 1.165) is 0 Å². The Morgan fingerprint density at radius 2 is 1.84 bits per heavy atom. The fraction of sp³-hybridized carbons (Fsp3) is 0.474. The minimum atomic E-state index is -1.25. The van der Waals surface area contributed by atoms with Crippen molar-refractivity contribution in [1.82, 2.24) is 9.80 Å². The van der Waals surface area contributed by atoms with Crippen LogP contribution in [0.25, 0.3) is 0 Å². The van der Waals surface area contributed by atoms with Gasteiger partial charge in [0.15, 0.2) is 0 Å². The molecular formula is C38H47N3O8. The number of hydrogen-bond acceptors (Lipinski definition) is 8. The van der Waals surface area contributed by atoms with Gasteiger partial charge < -0.3 is 34.0 Å². The molecule has 3 aliphatic rings. The molecule has 3 heterocycles. The number of aliphatic hydroxyl groups is 1. The Kier molecular flexibility index (Phi) is 11.2. The number of esters is 1. The van der Waals surface area contributed by atoms with Crippen molar-refractivity contribution in [2.45, 2.75) is 68.9 Å². The van der Waals surface area contributed by atoms with Gasteiger partial charge in [0.25, 0.3) is 5.91 Å². The third-order valence-electron chi connectivity index (χ3n) is 10.2. The van der Waals surface area contributed by atoms with E-state index in [1.165, 1.54) is 4.90 Å². The second-order valence-electron chi connectivity index (χ2n) is 12.9. The van der Waals surface area contributed by atoms with Crippen molar-refractivity contribution in [1.29, 1.82) is 0 Å². The van der Waals surface area contributed by atoms with E-state index >= 15 is 0 Å². The zero-order valence-electron chi connectivity index (χ0n) is 28.5. The van der Waals surface area contributed by atoms with E-state index in [0.29, 0.717) is 36.3 Å². The second kappa shape index (κ2) is 15.4. The molecule has 1 spiro atoms. The van der Waals surface area contributed by atoms with Crippen molar-refractivity contribution >= 4 is 29.4 Å². The van der Waals surface area contributed by atoms with Gasteiger partial charge in [0.1, 0.15) is 23.5 Å². The number of likely N-dealkylation sites (N-methyl/N-ethyl adjacent to an activating group) is 1. The Labute approximate surface area is 288 Å². The van der Waals surface area contributed by atoms with E-state index < -0.39 is 47.7 Å². The van der Waals surface area contributed by atoms with Crippen LogP contribution >= 0.6 is 0 Å². The lowest BCUT2D eigenvalue weighted by atomic mass is 9.70. The molecule has 3 aliphatic heterocycles. The molecule has 3 saturated heterocycles. The third-order valence-corrected chi connectivity index (χ3v) is 10.2. The Hall–Kier alpha value is -4.48. The largest absolute Gasteiger partial charge is 0.497 e. The van der Waals surface area contributed by atoms with Crippen molar-refractivity contribution in [2.75, 3.05) is 38.8 Å². The first kappa shape index (κ1) is 35.8. The smallest absolute Gasteiger partial charge is 0.313 e. The van der Waals surface area contributed by atoms with Crippen LogP contribution in [-0.4, -0.2) is 96.2 Å². The van der Waals surface area contributed by atoms with Gasteiger partial charge in [0.05, 0.1) is 31.1 Å². The van der Waals surface area contributed by atoms with Gasteiger partial charge in [-0.25, -0.2) is 0 Å². The molecule has 11 nitrogen and oxygen atoms in total. The number of fused-ring (bicyclic) bond motifs is 1. The molecule has 5 rings (SSSR count). The molecule has 0 aromatic heterocycles. The molecule has 2 aromatic rings. The number of nitrogens with zero attached hydrogens (tertiary/aromatic N) is 3. The van der Waals surface area contributed by atoms with Gasteiger partial charge in [-0.2, -0.15) is 0 Å². The Morgan fingerprint density at radius 3 is 2.47 bits per heavy atom. The molecule has 11 heteroatoms. The van der Waals surface area contributed by atoms with E-state index in [1.807, 2.05) is 37.3 Å². The van der Waals surface area contributed by atoms with E-state index in [2.05, 4.69) is 13.2 Å². The van der Waals surface area contributed by atoms with Gasteiger partial charge in [0, 0.05) is 38.9 Å². The highest BCUT2D eigenvalue weighted by Crippen LogP contribution is 2.59. The van der Waals surface area contributed by atoms with Crippen molar-refractivity contribution in [2.24, 2.45) is 11.8 Å². The minimum absolute atomic E-state index is 0.112. The second-order valence-corrected chi connectivity index (χ2v) is 12.9. The summed E-state index contributed by atoms with van der Waals surface area (Å²) in [4.78, 5) is 60.9. The first-order chi connectivity index (χ1) is 23.6. The van der Waals surface area contributed by atoms with Crippen LogP contribution in [0.2, 0.25) is 0 Å². The lowest BCUT2D eigenvalue weighted by molar-refractivity contribution is -0.164. The molecule has 1 N–H and O–H groups in total. The maximum atomic E-state index is 14.6. The molecule has 2 aromatic carbocycles. The van der Waals surface area contributed by atoms with Crippen LogP contribution in [0.5, 0.6) is 5.75 Å². The lowest BCUT2D eigenvalue weighted by Gasteiger charge is -2.37. The fourth-order valence-electron chi connectivity index (χ4n) is 7.67. The fourth-order valence-corrected chi connectivity index (χ4v) is 7.67. The summed E-state index contributed by atoms with van der Waals surface area (Å²) in [6.45, 7) is 9.50. The average Bonchev–Trinajstić information content (AvgIpc) is 3.77. The predicted molar refractivity (Wildman–Crippen MR) is 184 cm³/mol. The van der Waals surface area contributed by atoms with Crippen molar-refractivity contribution in [3.8, 4) is 5.75 Å². The summed E-state index contributed by atoms with van der Waals surface area (Å²) in [7, 11) is 3.24. The zero-order valence-corrected chi connectivity index (χ0v) is 28.5. The maximum absolute atomic E-state index is 14.6. The Balaban J connectivity index is 1.47. The highest BCUT2D eigenvalue weighted by atomic mass is 16.6. The van der Waals surface area contributed by atoms with Crippen LogP contribution in [0.3, 0.4) is 0 Å². The number of ether oxygens (including phenoxy) is 3. The summed E-state index contributed by atoms with van der Waals surface area (Å²) in [6, 6.07) is 14.7. The molecule has 0 unspecified atom stereocenters. The van der Waals surface area contributed by atoms with Crippen LogP contribution in [-0.2, 0) is 28.7 Å². The number of methoxy groups -OCH3 is 1. The molecule has 0 aliphatic carbocycles. The maximum Gasteiger partial charge on any atom is 0.313 e. The van der Waals surface area contributed by atoms with Gasteiger partial charge in [-0.3, -0.25) is 19.2 Å². The number of aliphatic hydroxyl groups excluding tert-OH is 1. The quantitative estimate of drug-likeness (QED) is 0.209. The van der Waals surface area contributed by atoms with Crippen LogP contribution in [0, 0.1) is 11.8 Å². The van der Waals surface area contributed by atoms with Crippen molar-refractivity contribution in [3.05, 3.63) is 85.5 Å². The summed E-state index contributed by atoms with van der Waals surface area (Å²) in [5, 5.41) is 9.73. The van der Waals surface area contributed by atoms with Crippen LogP contribution < -0.4 is 9.64 Å². The number of likely N-dealkylation sites (tertiary alicyclic amines) is 1. The number of hydrogen-bond donors (Lipinski definition) is 1. The van der Waals surface area contributed by atoms with Crippen LogP contribution in [0.1, 0.15) is 50.7 Å². The van der Waals surface area contributed by atoms with E-state index in [4.69, 9.17) is 14.2 Å². The van der Waals surface area contributed by atoms with E-state index in [9.17, 15) is 24.3 Å². The molecular weight excluding hydrogens is 626 g/mol. The molecule has 3 fully saturated rings. The summed E-state index contributed by atoms with van der Waals surface area (Å²) in [5.74, 6) is -2.72. The summed E-state index contributed by atoms with van der Waals surface area (Å²) < 4.78 is 18.2. The minimum Gasteiger partial charge on any atom is -0.497 e. The highest BCUT2D eigenvalue weighted by Gasteiger charge is 2.75. The average molecular weight is 674 g/mol. The molecule has 2 bridgehead atoms. The monoisotopic (exact) mass is 673 g/mol. The van der Waals surface area contributed by atoms with Gasteiger partial charge in [0.2, 0.25) is 11.8 Å². The highest BCUT2D eigenvalue weighted by molar-refractivity contribution is 6.04. The molecule has 0 saturated carbocycles. The predicted octanol–water partition coefficient (Wildman–Crippen LogP) is 4.07. The normalized spacial score (nSPS) is 24.9. The van der Waals surface area contributed by atoms with E-state index in [1.54, 1.807) is 60.4 Å². The number of carbonyl (C=O) groups is 4. The number of carbonyl (C=O) groups excluding carboxylic acids is 4. The first-order valence-electron chi connectivity index (χ1n) is 16.9. The van der Waals surface area contributed by atoms with Gasteiger partial charge in [-0.05, 0) is 62.4 Å². The van der Waals surface area contributed by atoms with E-state index in [-0.39, 0.29) is 50.3 Å². The molecule has 0 radical (unpaired) electrons. The van der Waals surface area contributed by atoms with Gasteiger partial charge in [-0.1, -0.05) is 42.5 Å². The van der Waals surface area contributed by atoms with Crippen molar-refractivity contribution in [3.63, 3.8) is 0 Å². The number of benzene rings is 2. The topological polar surface area (TPSA) is 126 Å². The number of rotatable bonds is 16. The first-order valence-corrected chi connectivity index (χ1v) is 16.9. The third kappa shape index (κ3) is 6.74. The molecule has 7 atom stereocenters. The number of anilines is 1. The Morgan fingerprint density at radius 1 is 1.12 bits per heavy atom. The SMILES string of the molecule is C=CCCC(=O)N(C)[C@@H](C)[C@@H](OC(=O)[C@@H]1[C@H]2C(=O)N(CCCO)[C@H](C(=O)N(CC=C)c3ccc(OC)cc3)[C@]23CC[C@H]1O3)c1ccccc1. The molecule has 49 heavy (non-hydrogen) atoms. The number of amides is 3. The van der Waals surface area contributed by atoms with Gasteiger partial charge in [-0.15, -0.1) is 13.2 Å². The molecule has 262 valence electrons. The summed E-state index contributed by atoms with van der Waals surface area (Å²) >= 11 is 0. The van der Waals surface area contributed by atoms with Crippen molar-refractivity contribution < 1.29 is 38.5 Å². The van der Waals surface area contributed by atoms with Crippen LogP contribution in [0.15, 0.2) is 79.9 Å². The standard InChI is InChI=1S/C38H47N3O8/c1-6-8-15-30(43)39(4)25(3)33(26-13-10-9-11-14-26)48-37(46)31-29-20-21-38(49-29)32(31)35(44)41(23-12-24-42)34(38)36(45)40(22-7-2)27-16-18-28(47-5)19-17-27/h6-7,9-11,13-14,16-19,25,29,31-34,42H,1-2,8,12,15,20-24H2,3-5H3/t25-,29+,31-,32-,33+,34+,38-/m0/s1. The molecule has 3 amide bonds. The van der Waals surface area contributed by atoms with Gasteiger partial charge >= 0.3 is 5.97 Å². The summed E-state index contributed by atoms with van der Waals surface area (Å²) in [6.07, 6.45) is 3.78.